The molecule has 0 aliphatic carbocycles. The zero-order valence-electron chi connectivity index (χ0n) is 12.5. The first-order valence-electron chi connectivity index (χ1n) is 7.06. The van der Waals surface area contributed by atoms with E-state index < -0.39 is 30.0 Å². The summed E-state index contributed by atoms with van der Waals surface area (Å²) in [5.41, 5.74) is 1.60. The van der Waals surface area contributed by atoms with Crippen molar-refractivity contribution in [3.8, 4) is 11.3 Å². The Balaban J connectivity index is 2.46. The van der Waals surface area contributed by atoms with E-state index in [1.807, 2.05) is 31.2 Å². The predicted molar refractivity (Wildman–Crippen MR) is 82.2 cm³/mol. The number of hydrogen-bond donors (Lipinski definition) is 2. The molecule has 0 saturated carbocycles. The lowest BCUT2D eigenvalue weighted by molar-refractivity contribution is -0.147. The van der Waals surface area contributed by atoms with E-state index in [0.717, 1.165) is 17.5 Å². The molecule has 1 atom stereocenters. The standard InChI is InChI=1S/C16H16N2O5/c1-2-10-3-5-11(6-4-10)12-7-8-14(19)18(17-12)13(16(22)23)9-15(20)21/h3-8,13H,2,9H2,1H3,(H,20,21)(H,22,23). The van der Waals surface area contributed by atoms with Crippen LogP contribution in [0.4, 0.5) is 0 Å². The lowest BCUT2D eigenvalue weighted by Gasteiger charge is -2.13. The number of hydrogen-bond acceptors (Lipinski definition) is 4. The summed E-state index contributed by atoms with van der Waals surface area (Å²) in [5, 5.41) is 22.0. The van der Waals surface area contributed by atoms with Gasteiger partial charge in [-0.3, -0.25) is 9.59 Å². The Kier molecular flexibility index (Phi) is 4.90. The Bertz CT molecular complexity index is 780. The van der Waals surface area contributed by atoms with Crippen LogP contribution in [0.25, 0.3) is 11.3 Å². The first-order chi connectivity index (χ1) is 10.9. The molecular weight excluding hydrogens is 300 g/mol. The molecule has 23 heavy (non-hydrogen) atoms. The van der Waals surface area contributed by atoms with Crippen LogP contribution in [-0.4, -0.2) is 31.9 Å². The van der Waals surface area contributed by atoms with Gasteiger partial charge in [-0.05, 0) is 18.1 Å². The highest BCUT2D eigenvalue weighted by atomic mass is 16.4. The monoisotopic (exact) mass is 316 g/mol. The van der Waals surface area contributed by atoms with E-state index in [0.29, 0.717) is 10.4 Å². The van der Waals surface area contributed by atoms with E-state index in [1.54, 1.807) is 0 Å². The molecule has 0 saturated heterocycles. The maximum Gasteiger partial charge on any atom is 0.329 e. The molecule has 1 aromatic carbocycles. The number of rotatable bonds is 6. The molecule has 0 aliphatic rings. The highest BCUT2D eigenvalue weighted by Gasteiger charge is 2.25. The van der Waals surface area contributed by atoms with Crippen LogP contribution in [-0.2, 0) is 16.0 Å². The van der Waals surface area contributed by atoms with Crippen LogP contribution >= 0.6 is 0 Å². The minimum atomic E-state index is -1.55. The lowest BCUT2D eigenvalue weighted by Crippen LogP contribution is -2.33. The van der Waals surface area contributed by atoms with Crippen molar-refractivity contribution in [2.75, 3.05) is 0 Å². The molecule has 120 valence electrons. The fourth-order valence-corrected chi connectivity index (χ4v) is 2.16. The van der Waals surface area contributed by atoms with Crippen molar-refractivity contribution in [1.82, 2.24) is 9.78 Å². The smallest absolute Gasteiger partial charge is 0.329 e. The summed E-state index contributed by atoms with van der Waals surface area (Å²) in [4.78, 5) is 33.9. The molecule has 2 aromatic rings. The van der Waals surface area contributed by atoms with E-state index in [4.69, 9.17) is 10.2 Å². The number of aliphatic carboxylic acids is 2. The van der Waals surface area contributed by atoms with Gasteiger partial charge in [0.1, 0.15) is 0 Å². The molecule has 0 radical (unpaired) electrons. The summed E-state index contributed by atoms with van der Waals surface area (Å²) < 4.78 is 0.708. The van der Waals surface area contributed by atoms with Crippen molar-refractivity contribution in [2.45, 2.75) is 25.8 Å². The minimum Gasteiger partial charge on any atom is -0.481 e. The maximum atomic E-state index is 11.9. The number of nitrogens with zero attached hydrogens (tertiary/aromatic N) is 2. The van der Waals surface area contributed by atoms with E-state index in [-0.39, 0.29) is 0 Å². The molecule has 0 amide bonds. The van der Waals surface area contributed by atoms with Crippen molar-refractivity contribution in [3.63, 3.8) is 0 Å². The Morgan fingerprint density at radius 1 is 1.13 bits per heavy atom. The molecule has 7 heteroatoms. The van der Waals surface area contributed by atoms with Gasteiger partial charge in [0.15, 0.2) is 6.04 Å². The van der Waals surface area contributed by atoms with Gasteiger partial charge >= 0.3 is 11.9 Å². The Hall–Kier alpha value is -2.96. The van der Waals surface area contributed by atoms with Gasteiger partial charge in [0.05, 0.1) is 12.1 Å². The van der Waals surface area contributed by atoms with Crippen LogP contribution in [0.5, 0.6) is 0 Å². The number of carbonyl (C=O) groups is 2. The SMILES string of the molecule is CCc1ccc(-c2ccc(=O)n(C(CC(=O)O)C(=O)O)n2)cc1. The molecule has 1 aromatic heterocycles. The first kappa shape index (κ1) is 16.4. The van der Waals surface area contributed by atoms with Crippen LogP contribution in [0.1, 0.15) is 24.9 Å². The third-order valence-electron chi connectivity index (χ3n) is 3.43. The Morgan fingerprint density at radius 2 is 1.78 bits per heavy atom. The van der Waals surface area contributed by atoms with Gasteiger partial charge in [0.2, 0.25) is 0 Å². The number of carboxylic acids is 2. The molecule has 2 N–H and O–H groups in total. The van der Waals surface area contributed by atoms with E-state index >= 15 is 0 Å². The van der Waals surface area contributed by atoms with Gasteiger partial charge in [-0.25, -0.2) is 9.48 Å². The zero-order chi connectivity index (χ0) is 17.0. The number of benzene rings is 1. The molecular formula is C16H16N2O5. The number of carboxylic acid groups (broad SMARTS) is 2. The summed E-state index contributed by atoms with van der Waals surface area (Å²) in [6.45, 7) is 2.02. The normalized spacial score (nSPS) is 11.9. The summed E-state index contributed by atoms with van der Waals surface area (Å²) in [7, 11) is 0. The highest BCUT2D eigenvalue weighted by molar-refractivity contribution is 5.79. The highest BCUT2D eigenvalue weighted by Crippen LogP contribution is 2.18. The summed E-state index contributed by atoms with van der Waals surface area (Å²) in [6.07, 6.45) is 0.160. The summed E-state index contributed by atoms with van der Waals surface area (Å²) in [5.74, 6) is -2.73. The second kappa shape index (κ2) is 6.87. The van der Waals surface area contributed by atoms with Crippen LogP contribution in [0, 0.1) is 0 Å². The van der Waals surface area contributed by atoms with Gasteiger partial charge in [-0.2, -0.15) is 5.10 Å². The first-order valence-corrected chi connectivity index (χ1v) is 7.06. The maximum absolute atomic E-state index is 11.9. The van der Waals surface area contributed by atoms with Crippen LogP contribution in [0.2, 0.25) is 0 Å². The molecule has 0 aliphatic heterocycles. The lowest BCUT2D eigenvalue weighted by atomic mass is 10.1. The topological polar surface area (TPSA) is 109 Å². The predicted octanol–water partition coefficient (Wildman–Crippen LogP) is 1.57. The van der Waals surface area contributed by atoms with Gasteiger partial charge in [-0.1, -0.05) is 31.2 Å². The average Bonchev–Trinajstić information content (AvgIpc) is 2.53. The summed E-state index contributed by atoms with van der Waals surface area (Å²) >= 11 is 0. The van der Waals surface area contributed by atoms with Gasteiger partial charge in [-0.15, -0.1) is 0 Å². The number of aromatic nitrogens is 2. The van der Waals surface area contributed by atoms with Crippen LogP contribution < -0.4 is 5.56 Å². The van der Waals surface area contributed by atoms with Crippen molar-refractivity contribution in [1.29, 1.82) is 0 Å². The zero-order valence-corrected chi connectivity index (χ0v) is 12.5. The fourth-order valence-electron chi connectivity index (χ4n) is 2.16. The average molecular weight is 316 g/mol. The van der Waals surface area contributed by atoms with E-state index in [1.165, 1.54) is 12.1 Å². The molecule has 0 fully saturated rings. The third-order valence-corrected chi connectivity index (χ3v) is 3.43. The Labute approximate surface area is 131 Å². The molecule has 1 unspecified atom stereocenters. The molecule has 7 nitrogen and oxygen atoms in total. The van der Waals surface area contributed by atoms with Crippen LogP contribution in [0.3, 0.4) is 0 Å². The van der Waals surface area contributed by atoms with Crippen molar-refractivity contribution >= 4 is 11.9 Å². The second-order valence-corrected chi connectivity index (χ2v) is 5.00. The van der Waals surface area contributed by atoms with Crippen molar-refractivity contribution in [2.24, 2.45) is 0 Å². The van der Waals surface area contributed by atoms with Gasteiger partial charge in [0.25, 0.3) is 5.56 Å². The Morgan fingerprint density at radius 3 is 2.30 bits per heavy atom. The van der Waals surface area contributed by atoms with Crippen LogP contribution in [0.15, 0.2) is 41.2 Å². The third kappa shape index (κ3) is 3.82. The van der Waals surface area contributed by atoms with Gasteiger partial charge < -0.3 is 10.2 Å². The quantitative estimate of drug-likeness (QED) is 0.837. The fraction of sp³-hybridized carbons (Fsp3) is 0.250. The minimum absolute atomic E-state index is 0.406. The van der Waals surface area contributed by atoms with E-state index in [9.17, 15) is 14.4 Å². The molecule has 0 bridgehead atoms. The van der Waals surface area contributed by atoms with Gasteiger partial charge in [0, 0.05) is 11.6 Å². The van der Waals surface area contributed by atoms with Crippen molar-refractivity contribution < 1.29 is 19.8 Å². The summed E-state index contributed by atoms with van der Waals surface area (Å²) in [6, 6.07) is 8.60. The molecule has 2 rings (SSSR count). The second-order valence-electron chi connectivity index (χ2n) is 5.00. The largest absolute Gasteiger partial charge is 0.481 e. The van der Waals surface area contributed by atoms with Crippen molar-refractivity contribution in [3.05, 3.63) is 52.3 Å². The molecule has 0 spiro atoms. The van der Waals surface area contributed by atoms with E-state index in [2.05, 4.69) is 5.10 Å². The number of aryl methyl sites for hydroxylation is 1. The molecule has 1 heterocycles.